The molecule has 0 aliphatic rings. The lowest BCUT2D eigenvalue weighted by Crippen LogP contribution is -2.03. The summed E-state index contributed by atoms with van der Waals surface area (Å²) in [5.74, 6) is 0. The molecule has 0 aliphatic heterocycles. The van der Waals surface area contributed by atoms with Crippen LogP contribution in [0, 0.1) is 55.4 Å². The Hall–Kier alpha value is -6.44. The molecule has 0 fully saturated rings. The van der Waals surface area contributed by atoms with E-state index in [9.17, 15) is 0 Å². The summed E-state index contributed by atoms with van der Waals surface area (Å²) < 4.78 is 6.29. The highest BCUT2D eigenvalue weighted by molar-refractivity contribution is 6.25. The summed E-state index contributed by atoms with van der Waals surface area (Å²) in [6, 6.07) is 48.9. The molecular formula is C56H46O. The summed E-state index contributed by atoms with van der Waals surface area (Å²) in [4.78, 5) is 0. The summed E-state index contributed by atoms with van der Waals surface area (Å²) in [5, 5.41) is 10.2. The maximum absolute atomic E-state index is 6.29. The molecule has 0 saturated carbocycles. The first-order valence-corrected chi connectivity index (χ1v) is 20.2. The van der Waals surface area contributed by atoms with Gasteiger partial charge in [-0.05, 0) is 201 Å². The Labute approximate surface area is 335 Å². The highest BCUT2D eigenvalue weighted by atomic mass is 16.3. The molecule has 10 rings (SSSR count). The van der Waals surface area contributed by atoms with Crippen molar-refractivity contribution >= 4 is 54.3 Å². The SMILES string of the molecule is Cc1c(C)c(C)c2c(-c3ccc(-c4ccc(-c5ccc6oc7cc8ccccc8cc7c6c5)cc4)cc3)c3c(C)c(C)c(C)c(C)c3c(-c3ccccc3)c2c1C. The molecule has 0 aliphatic carbocycles. The lowest BCUT2D eigenvalue weighted by atomic mass is 9.76. The van der Waals surface area contributed by atoms with Crippen molar-refractivity contribution in [2.24, 2.45) is 0 Å². The van der Waals surface area contributed by atoms with Crippen molar-refractivity contribution in [3.05, 3.63) is 178 Å². The Kier molecular flexibility index (Phi) is 8.03. The second kappa shape index (κ2) is 13.1. The predicted octanol–water partition coefficient (Wildman–Crippen LogP) is 16.2. The first-order valence-electron chi connectivity index (χ1n) is 20.2. The molecule has 1 nitrogen and oxygen atoms in total. The molecule has 0 bridgehead atoms. The van der Waals surface area contributed by atoms with E-state index in [-0.39, 0.29) is 0 Å². The van der Waals surface area contributed by atoms with Crippen LogP contribution in [0.15, 0.2) is 138 Å². The zero-order valence-corrected chi connectivity index (χ0v) is 34.1. The minimum Gasteiger partial charge on any atom is -0.456 e. The van der Waals surface area contributed by atoms with Crippen LogP contribution in [0.1, 0.15) is 44.5 Å². The lowest BCUT2D eigenvalue weighted by Gasteiger charge is -2.27. The highest BCUT2D eigenvalue weighted by Gasteiger charge is 2.25. The Morgan fingerprint density at radius 1 is 0.281 bits per heavy atom. The van der Waals surface area contributed by atoms with Gasteiger partial charge in [-0.15, -0.1) is 0 Å². The van der Waals surface area contributed by atoms with Gasteiger partial charge in [0.1, 0.15) is 11.2 Å². The minimum atomic E-state index is 0.919. The van der Waals surface area contributed by atoms with E-state index in [1.807, 2.05) is 0 Å². The van der Waals surface area contributed by atoms with Crippen molar-refractivity contribution in [1.82, 2.24) is 0 Å². The molecule has 9 aromatic carbocycles. The molecule has 1 heterocycles. The van der Waals surface area contributed by atoms with E-state index >= 15 is 0 Å². The van der Waals surface area contributed by atoms with Gasteiger partial charge < -0.3 is 4.42 Å². The summed E-state index contributed by atoms with van der Waals surface area (Å²) in [6.07, 6.45) is 0. The van der Waals surface area contributed by atoms with Crippen LogP contribution in [-0.4, -0.2) is 0 Å². The summed E-state index contributed by atoms with van der Waals surface area (Å²) >= 11 is 0. The molecule has 0 atom stereocenters. The average Bonchev–Trinajstić information content (AvgIpc) is 3.61. The lowest BCUT2D eigenvalue weighted by molar-refractivity contribution is 0.669. The third-order valence-electron chi connectivity index (χ3n) is 13.5. The molecule has 1 heteroatoms. The van der Waals surface area contributed by atoms with Gasteiger partial charge in [-0.1, -0.05) is 109 Å². The molecule has 0 amide bonds. The summed E-state index contributed by atoms with van der Waals surface area (Å²) in [7, 11) is 0. The number of fused-ring (bicyclic) bond motifs is 6. The van der Waals surface area contributed by atoms with Crippen LogP contribution >= 0.6 is 0 Å². The fourth-order valence-corrected chi connectivity index (χ4v) is 9.63. The maximum Gasteiger partial charge on any atom is 0.136 e. The second-order valence-corrected chi connectivity index (χ2v) is 16.3. The van der Waals surface area contributed by atoms with Crippen LogP contribution in [0.25, 0.3) is 98.8 Å². The molecule has 0 spiro atoms. The van der Waals surface area contributed by atoms with Gasteiger partial charge in [0.15, 0.2) is 0 Å². The van der Waals surface area contributed by atoms with Gasteiger partial charge in [-0.3, -0.25) is 0 Å². The standard InChI is InChI=1S/C56H46O/c1-31-33(3)37(7)53-51(35(31)5)55(42-14-10-9-11-15-42)52-36(6)32(2)34(4)38(8)54(52)56(53)43-24-22-40(23-25-43)39-18-20-41(21-19-39)46-26-27-49-47(29-46)48-28-44-16-12-13-17-45(44)30-50(48)57-49/h9-30H,1-8H3. The predicted molar refractivity (Wildman–Crippen MR) is 246 cm³/mol. The highest BCUT2D eigenvalue weighted by Crippen LogP contribution is 2.50. The van der Waals surface area contributed by atoms with Crippen molar-refractivity contribution in [1.29, 1.82) is 0 Å². The number of aryl methyl sites for hydroxylation is 4. The van der Waals surface area contributed by atoms with E-state index in [4.69, 9.17) is 4.42 Å². The smallest absolute Gasteiger partial charge is 0.136 e. The third-order valence-corrected chi connectivity index (χ3v) is 13.5. The van der Waals surface area contributed by atoms with Crippen molar-refractivity contribution < 1.29 is 4.42 Å². The van der Waals surface area contributed by atoms with Crippen molar-refractivity contribution in [3.8, 4) is 44.5 Å². The quantitative estimate of drug-likeness (QED) is 0.164. The Morgan fingerprint density at radius 2 is 0.649 bits per heavy atom. The van der Waals surface area contributed by atoms with Gasteiger partial charge in [-0.25, -0.2) is 0 Å². The van der Waals surface area contributed by atoms with Crippen LogP contribution in [0.2, 0.25) is 0 Å². The van der Waals surface area contributed by atoms with Gasteiger partial charge in [0.05, 0.1) is 0 Å². The first-order chi connectivity index (χ1) is 27.6. The van der Waals surface area contributed by atoms with Crippen LogP contribution in [0.4, 0.5) is 0 Å². The van der Waals surface area contributed by atoms with E-state index in [0.717, 1.165) is 21.9 Å². The molecule has 0 unspecified atom stereocenters. The largest absolute Gasteiger partial charge is 0.456 e. The zero-order chi connectivity index (χ0) is 39.3. The van der Waals surface area contributed by atoms with E-state index in [1.54, 1.807) is 0 Å². The number of hydrogen-bond donors (Lipinski definition) is 0. The number of hydrogen-bond acceptors (Lipinski definition) is 1. The molecule has 276 valence electrons. The maximum atomic E-state index is 6.29. The minimum absolute atomic E-state index is 0.919. The summed E-state index contributed by atoms with van der Waals surface area (Å²) in [5.41, 5.74) is 22.9. The van der Waals surface area contributed by atoms with Gasteiger partial charge in [0.2, 0.25) is 0 Å². The fraction of sp³-hybridized carbons (Fsp3) is 0.143. The van der Waals surface area contributed by atoms with Gasteiger partial charge in [-0.2, -0.15) is 0 Å². The Balaban J connectivity index is 1.11. The zero-order valence-electron chi connectivity index (χ0n) is 34.1. The van der Waals surface area contributed by atoms with Crippen molar-refractivity contribution in [3.63, 3.8) is 0 Å². The third kappa shape index (κ3) is 5.29. The molecule has 0 N–H and O–H groups in total. The van der Waals surface area contributed by atoms with Crippen LogP contribution < -0.4 is 0 Å². The monoisotopic (exact) mass is 734 g/mol. The summed E-state index contributed by atoms with van der Waals surface area (Å²) in [6.45, 7) is 18.5. The van der Waals surface area contributed by atoms with E-state index in [1.165, 1.54) is 121 Å². The Bertz CT molecular complexity index is 3180. The molecule has 0 radical (unpaired) electrons. The van der Waals surface area contributed by atoms with Crippen molar-refractivity contribution in [2.75, 3.05) is 0 Å². The first kappa shape index (κ1) is 35.0. The van der Waals surface area contributed by atoms with E-state index in [2.05, 4.69) is 189 Å². The molecule has 1 aromatic heterocycles. The molecule has 0 saturated heterocycles. The molecule has 57 heavy (non-hydrogen) atoms. The number of rotatable bonds is 4. The molecule has 10 aromatic rings. The second-order valence-electron chi connectivity index (χ2n) is 16.3. The topological polar surface area (TPSA) is 13.1 Å². The van der Waals surface area contributed by atoms with E-state index in [0.29, 0.717) is 0 Å². The molecular weight excluding hydrogens is 689 g/mol. The Morgan fingerprint density at radius 3 is 1.14 bits per heavy atom. The van der Waals surface area contributed by atoms with Crippen LogP contribution in [-0.2, 0) is 0 Å². The average molecular weight is 735 g/mol. The van der Waals surface area contributed by atoms with Gasteiger partial charge >= 0.3 is 0 Å². The normalized spacial score (nSPS) is 11.9. The number of benzene rings is 9. The van der Waals surface area contributed by atoms with Gasteiger partial charge in [0, 0.05) is 10.8 Å². The van der Waals surface area contributed by atoms with Gasteiger partial charge in [0.25, 0.3) is 0 Å². The van der Waals surface area contributed by atoms with Crippen LogP contribution in [0.3, 0.4) is 0 Å². The number of furan rings is 1. The van der Waals surface area contributed by atoms with E-state index < -0.39 is 0 Å². The van der Waals surface area contributed by atoms with Crippen LogP contribution in [0.5, 0.6) is 0 Å². The fourth-order valence-electron chi connectivity index (χ4n) is 9.63. The van der Waals surface area contributed by atoms with Crippen molar-refractivity contribution in [2.45, 2.75) is 55.4 Å².